The largest absolute Gasteiger partial charge is 0.508 e. The number of methoxy groups -OCH3 is 8. The molecule has 0 saturated heterocycles. The second kappa shape index (κ2) is 49.5. The van der Waals surface area contributed by atoms with Gasteiger partial charge in [0.15, 0.2) is 58.2 Å². The van der Waals surface area contributed by atoms with Crippen molar-refractivity contribution in [1.82, 2.24) is 0 Å². The molecular weight excluding hydrogens is 1390 g/mol. The van der Waals surface area contributed by atoms with Crippen molar-refractivity contribution in [2.75, 3.05) is 56.9 Å². The number of rotatable bonds is 12. The van der Waals surface area contributed by atoms with Crippen molar-refractivity contribution in [3.63, 3.8) is 0 Å². The van der Waals surface area contributed by atoms with E-state index >= 15 is 0 Å². The molecule has 600 valence electrons. The van der Waals surface area contributed by atoms with E-state index in [4.69, 9.17) is 56.8 Å². The van der Waals surface area contributed by atoms with E-state index in [-0.39, 0.29) is 76.1 Å². The molecule has 24 nitrogen and oxygen atoms in total. The first kappa shape index (κ1) is 95.6. The Morgan fingerprint density at radius 2 is 0.528 bits per heavy atom. The summed E-state index contributed by atoms with van der Waals surface area (Å²) in [6.07, 6.45) is -2.91. The lowest BCUT2D eigenvalue weighted by molar-refractivity contribution is -0.0122. The van der Waals surface area contributed by atoms with Gasteiger partial charge in [0.25, 0.3) is 0 Å². The molecule has 4 aliphatic heterocycles. The molecule has 0 fully saturated rings. The first-order valence-electron chi connectivity index (χ1n) is 36.6. The number of ether oxygens (including phenoxy) is 12. The molecule has 0 saturated carbocycles. The highest BCUT2D eigenvalue weighted by Crippen LogP contribution is 2.49. The highest BCUT2D eigenvalue weighted by molar-refractivity contribution is 5.57. The number of hydrogen-bond donors (Lipinski definition) is 12. The number of aliphatic hydroxyl groups is 2. The van der Waals surface area contributed by atoms with Gasteiger partial charge in [-0.2, -0.15) is 0 Å². The van der Waals surface area contributed by atoms with Crippen LogP contribution >= 0.6 is 0 Å². The highest BCUT2D eigenvalue weighted by Gasteiger charge is 2.38. The fourth-order valence-corrected chi connectivity index (χ4v) is 11.2. The third-order valence-electron chi connectivity index (χ3n) is 15.8. The number of benzene rings is 8. The molecular formula is C84H120O24. The lowest BCUT2D eigenvalue weighted by Crippen LogP contribution is -2.32. The summed E-state index contributed by atoms with van der Waals surface area (Å²) in [6.45, 7) is 32.0. The summed E-state index contributed by atoms with van der Waals surface area (Å²) in [5.74, 6) is 3.88. The molecule has 4 aliphatic rings. The van der Waals surface area contributed by atoms with Crippen molar-refractivity contribution in [2.24, 2.45) is 0 Å². The Balaban J connectivity index is 0.000000676. The second-order valence-electron chi connectivity index (χ2n) is 21.5. The van der Waals surface area contributed by atoms with Crippen LogP contribution in [0.5, 0.6) is 115 Å². The summed E-state index contributed by atoms with van der Waals surface area (Å²) in [4.78, 5) is 0. The normalized spacial score (nSPS) is 17.2. The van der Waals surface area contributed by atoms with Crippen LogP contribution in [0.25, 0.3) is 0 Å². The fourth-order valence-electron chi connectivity index (χ4n) is 11.2. The zero-order valence-corrected chi connectivity index (χ0v) is 67.3. The minimum absolute atomic E-state index is 0.0216. The van der Waals surface area contributed by atoms with Crippen LogP contribution in [0.15, 0.2) is 121 Å². The van der Waals surface area contributed by atoms with E-state index in [0.29, 0.717) is 105 Å². The van der Waals surface area contributed by atoms with E-state index in [0.717, 1.165) is 16.7 Å². The molecule has 0 bridgehead atoms. The smallest absolute Gasteiger partial charge is 0.160 e. The van der Waals surface area contributed by atoms with Gasteiger partial charge >= 0.3 is 0 Å². The number of phenols is 10. The topological polar surface area (TPSA) is 354 Å². The van der Waals surface area contributed by atoms with Gasteiger partial charge < -0.3 is 118 Å². The summed E-state index contributed by atoms with van der Waals surface area (Å²) in [5.41, 5.74) is 5.47. The molecule has 0 unspecified atom stereocenters. The molecule has 8 atom stereocenters. The Morgan fingerprint density at radius 3 is 0.861 bits per heavy atom. The van der Waals surface area contributed by atoms with Crippen LogP contribution in [0.1, 0.15) is 180 Å². The van der Waals surface area contributed by atoms with Gasteiger partial charge in [0.05, 0.1) is 54.9 Å². The summed E-state index contributed by atoms with van der Waals surface area (Å²) in [5, 5.41) is 118. The molecule has 4 heterocycles. The minimum Gasteiger partial charge on any atom is -0.508 e. The standard InChI is InChI=1S/C18H20O6.2C17H18O6.C16H16O6.8C2H6/c1-21-14-7-11(19)8-15-12(14)9-17(23-3)18(24-15)10-4-5-13(20)16(6-10)22-2;1-21-14-4-3-9(5-12(14)19)17-13(20)8-11-15(22-2)6-10(18)7-16(11)23-17;1-21-14-6-10(18)7-15-11(14)8-16(22-2)17(23-15)9-3-4-12(19)13(20)5-9;1-21-14-3-2-8(4-12(14)19)16-13(20)7-10-11(18)5-9(17)6-15(10)22-16;8*1-2/h4-8,17-20H,9H2,1-3H3;3-7,13,17-20H,8H2,1-2H3;3-7,16-20H,8H2,1-2H3;2-6,13,16-20H,7H2,1H3;8*1-2H3/t17-,18-;13-,17-;16-,17-;13-,16-;;;;;;;;/m1111......../s1. The fraction of sp³-hybridized carbons (Fsp3) is 0.429. The van der Waals surface area contributed by atoms with Gasteiger partial charge in [-0.3, -0.25) is 0 Å². The molecule has 12 rings (SSSR count). The van der Waals surface area contributed by atoms with Crippen molar-refractivity contribution in [3.05, 3.63) is 166 Å². The predicted molar refractivity (Wildman–Crippen MR) is 420 cm³/mol. The summed E-state index contributed by atoms with van der Waals surface area (Å²) in [7, 11) is 12.2. The quantitative estimate of drug-likeness (QED) is 0.0506. The highest BCUT2D eigenvalue weighted by atomic mass is 16.6. The third-order valence-corrected chi connectivity index (χ3v) is 15.8. The molecule has 8 aromatic carbocycles. The Bertz CT molecular complexity index is 3920. The summed E-state index contributed by atoms with van der Waals surface area (Å²) >= 11 is 0. The van der Waals surface area contributed by atoms with Crippen molar-refractivity contribution < 1.29 is 118 Å². The van der Waals surface area contributed by atoms with Crippen molar-refractivity contribution in [2.45, 2.75) is 185 Å². The monoisotopic (exact) mass is 1510 g/mol. The van der Waals surface area contributed by atoms with Crippen LogP contribution in [0.4, 0.5) is 0 Å². The molecule has 24 heteroatoms. The van der Waals surface area contributed by atoms with E-state index in [2.05, 4.69) is 0 Å². The Kier molecular flexibility index (Phi) is 43.8. The maximum atomic E-state index is 10.4. The van der Waals surface area contributed by atoms with Crippen molar-refractivity contribution in [3.8, 4) is 115 Å². The molecule has 12 N–H and O–H groups in total. The van der Waals surface area contributed by atoms with Crippen LogP contribution in [0.3, 0.4) is 0 Å². The molecule has 0 spiro atoms. The average Bonchev–Trinajstić information content (AvgIpc) is 0.797. The Hall–Kier alpha value is -10.4. The first-order valence-corrected chi connectivity index (χ1v) is 36.6. The lowest BCUT2D eigenvalue weighted by Gasteiger charge is -2.34. The van der Waals surface area contributed by atoms with E-state index in [1.165, 1.54) is 96.2 Å². The Labute approximate surface area is 638 Å². The third kappa shape index (κ3) is 24.8. The molecule has 0 aromatic heterocycles. The van der Waals surface area contributed by atoms with Gasteiger partial charge in [-0.25, -0.2) is 0 Å². The van der Waals surface area contributed by atoms with E-state index in [1.54, 1.807) is 82.0 Å². The first-order chi connectivity index (χ1) is 52.1. The molecule has 8 aromatic rings. The van der Waals surface area contributed by atoms with E-state index < -0.39 is 36.6 Å². The molecule has 0 aliphatic carbocycles. The van der Waals surface area contributed by atoms with E-state index in [9.17, 15) is 61.3 Å². The summed E-state index contributed by atoms with van der Waals surface area (Å²) < 4.78 is 65.7. The van der Waals surface area contributed by atoms with Gasteiger partial charge in [0.1, 0.15) is 93.4 Å². The summed E-state index contributed by atoms with van der Waals surface area (Å²) in [6, 6.07) is 30.8. The lowest BCUT2D eigenvalue weighted by atomic mass is 9.93. The van der Waals surface area contributed by atoms with Crippen LogP contribution in [-0.2, 0) is 35.2 Å². The van der Waals surface area contributed by atoms with Gasteiger partial charge in [0.2, 0.25) is 0 Å². The maximum Gasteiger partial charge on any atom is 0.160 e. The number of aromatic hydroxyl groups is 10. The van der Waals surface area contributed by atoms with Gasteiger partial charge in [0, 0.05) is 111 Å². The van der Waals surface area contributed by atoms with E-state index in [1.807, 2.05) is 111 Å². The molecule has 0 amide bonds. The average molecular weight is 1510 g/mol. The zero-order valence-electron chi connectivity index (χ0n) is 67.3. The zero-order chi connectivity index (χ0) is 82.2. The predicted octanol–water partition coefficient (Wildman–Crippen LogP) is 17.5. The molecule has 0 radical (unpaired) electrons. The number of phenolic OH excluding ortho intramolecular Hbond substituents is 10. The van der Waals surface area contributed by atoms with Crippen LogP contribution in [0.2, 0.25) is 0 Å². The molecule has 108 heavy (non-hydrogen) atoms. The second-order valence-corrected chi connectivity index (χ2v) is 21.5. The van der Waals surface area contributed by atoms with Gasteiger partial charge in [-0.1, -0.05) is 135 Å². The van der Waals surface area contributed by atoms with Crippen LogP contribution in [0, 0.1) is 0 Å². The van der Waals surface area contributed by atoms with Crippen LogP contribution < -0.4 is 47.4 Å². The Morgan fingerprint density at radius 1 is 0.250 bits per heavy atom. The van der Waals surface area contributed by atoms with Gasteiger partial charge in [-0.05, 0) is 70.8 Å². The SMILES string of the molecule is CC.CC.CC.CC.CC.CC.CC.CC.COc1cc(O)cc2c1C[C@@H](OC)[C@@H](c1ccc(O)c(O)c1)O2.COc1cc([C@H]2Oc3cc(O)cc(OC)c3C[C@H]2OC)ccc1O.COc1ccc([C@H]2Oc3cc(O)cc(O)c3C[C@H]2O)cc1O.COc1ccc([C@H]2Oc3cc(O)cc(OC)c3C[C@H]2O)cc1O. The number of hydrogen-bond acceptors (Lipinski definition) is 24. The number of aliphatic hydroxyl groups excluding tert-OH is 2. The van der Waals surface area contributed by atoms with Crippen molar-refractivity contribution >= 4 is 0 Å². The van der Waals surface area contributed by atoms with Gasteiger partial charge in [-0.15, -0.1) is 0 Å². The van der Waals surface area contributed by atoms with Crippen molar-refractivity contribution in [1.29, 1.82) is 0 Å². The maximum absolute atomic E-state index is 10.4. The number of fused-ring (bicyclic) bond motifs is 4. The minimum atomic E-state index is -0.893. The van der Waals surface area contributed by atoms with Crippen LogP contribution in [-0.4, -0.2) is 143 Å².